The number of sulfonamides is 1. The monoisotopic (exact) mass is 267 g/mol. The van der Waals surface area contributed by atoms with E-state index in [9.17, 15) is 8.42 Å². The Morgan fingerprint density at radius 1 is 1.60 bits per heavy atom. The van der Waals surface area contributed by atoms with Gasteiger partial charge in [-0.25, -0.2) is 13.1 Å². The third kappa shape index (κ3) is 4.10. The number of halogens is 1. The molecule has 86 valence electrons. The highest BCUT2D eigenvalue weighted by Crippen LogP contribution is 2.15. The van der Waals surface area contributed by atoms with Crippen molar-refractivity contribution in [2.24, 2.45) is 0 Å². The summed E-state index contributed by atoms with van der Waals surface area (Å²) in [5, 5.41) is 1.78. The fourth-order valence-corrected chi connectivity index (χ4v) is 3.24. The summed E-state index contributed by atoms with van der Waals surface area (Å²) in [5.41, 5.74) is 0. The molecule has 1 aromatic heterocycles. The van der Waals surface area contributed by atoms with Gasteiger partial charge in [-0.3, -0.25) is 0 Å². The molecule has 0 saturated heterocycles. The molecule has 15 heavy (non-hydrogen) atoms. The lowest BCUT2D eigenvalue weighted by Gasteiger charge is -2.07. The van der Waals surface area contributed by atoms with Crippen molar-refractivity contribution in [3.63, 3.8) is 0 Å². The Morgan fingerprint density at radius 3 is 2.87 bits per heavy atom. The van der Waals surface area contributed by atoms with E-state index in [2.05, 4.69) is 4.72 Å². The molecule has 3 nitrogen and oxygen atoms in total. The van der Waals surface area contributed by atoms with Crippen molar-refractivity contribution in [2.75, 3.05) is 6.54 Å². The summed E-state index contributed by atoms with van der Waals surface area (Å²) in [6, 6.07) is 3.31. The summed E-state index contributed by atoms with van der Waals surface area (Å²) in [4.78, 5) is 0. The molecule has 0 aliphatic carbocycles. The van der Waals surface area contributed by atoms with Crippen LogP contribution in [0, 0.1) is 0 Å². The normalized spacial score (nSPS) is 14.0. The van der Waals surface area contributed by atoms with E-state index in [4.69, 9.17) is 11.6 Å². The number of hydrogen-bond acceptors (Lipinski definition) is 3. The number of alkyl halides is 1. The molecular weight excluding hydrogens is 254 g/mol. The Bertz CT molecular complexity index is 375. The second-order valence-corrected chi connectivity index (χ2v) is 6.68. The Kier molecular flexibility index (Phi) is 5.05. The van der Waals surface area contributed by atoms with Crippen LogP contribution in [-0.2, 0) is 10.0 Å². The molecule has 0 bridgehead atoms. The van der Waals surface area contributed by atoms with Gasteiger partial charge in [0.1, 0.15) is 4.21 Å². The van der Waals surface area contributed by atoms with Crippen LogP contribution in [0.3, 0.4) is 0 Å². The predicted molar refractivity (Wildman–Crippen MR) is 64.1 cm³/mol. The van der Waals surface area contributed by atoms with E-state index in [1.165, 1.54) is 11.3 Å². The van der Waals surface area contributed by atoms with Gasteiger partial charge in [0.15, 0.2) is 0 Å². The summed E-state index contributed by atoms with van der Waals surface area (Å²) in [7, 11) is -3.31. The first-order chi connectivity index (χ1) is 7.06. The number of rotatable bonds is 6. The minimum Gasteiger partial charge on any atom is -0.210 e. The smallest absolute Gasteiger partial charge is 0.210 e. The number of thiophene rings is 1. The van der Waals surface area contributed by atoms with E-state index in [1.54, 1.807) is 17.5 Å². The van der Waals surface area contributed by atoms with E-state index in [1.807, 2.05) is 6.92 Å². The molecule has 0 aliphatic heterocycles. The number of hydrogen-bond donors (Lipinski definition) is 1. The van der Waals surface area contributed by atoms with Crippen LogP contribution in [0.15, 0.2) is 21.7 Å². The number of nitrogens with one attached hydrogen (secondary N) is 1. The maximum atomic E-state index is 11.6. The van der Waals surface area contributed by atoms with Crippen molar-refractivity contribution < 1.29 is 8.42 Å². The summed E-state index contributed by atoms with van der Waals surface area (Å²) in [6.45, 7) is 2.37. The zero-order chi connectivity index (χ0) is 11.3. The van der Waals surface area contributed by atoms with Crippen molar-refractivity contribution in [1.29, 1.82) is 0 Å². The van der Waals surface area contributed by atoms with Gasteiger partial charge in [0.2, 0.25) is 10.0 Å². The molecule has 6 heteroatoms. The van der Waals surface area contributed by atoms with Gasteiger partial charge in [-0.1, -0.05) is 13.0 Å². The first-order valence-corrected chi connectivity index (χ1v) is 7.53. The van der Waals surface area contributed by atoms with Crippen LogP contribution in [0.5, 0.6) is 0 Å². The molecule has 1 N–H and O–H groups in total. The van der Waals surface area contributed by atoms with Gasteiger partial charge in [-0.2, -0.15) is 0 Å². The largest absolute Gasteiger partial charge is 0.250 e. The SMILES string of the molecule is CCC(Cl)CCNS(=O)(=O)c1cccs1. The summed E-state index contributed by atoms with van der Waals surface area (Å²) in [6.07, 6.45) is 1.50. The molecule has 0 spiro atoms. The zero-order valence-corrected chi connectivity index (χ0v) is 10.8. The first kappa shape index (κ1) is 13.0. The Balaban J connectivity index is 2.45. The topological polar surface area (TPSA) is 46.2 Å². The lowest BCUT2D eigenvalue weighted by Crippen LogP contribution is -2.25. The average molecular weight is 268 g/mol. The van der Waals surface area contributed by atoms with Crippen LogP contribution in [0.1, 0.15) is 19.8 Å². The van der Waals surface area contributed by atoms with Crippen LogP contribution < -0.4 is 4.72 Å². The van der Waals surface area contributed by atoms with Crippen LogP contribution in [-0.4, -0.2) is 20.3 Å². The van der Waals surface area contributed by atoms with Crippen LogP contribution in [0.2, 0.25) is 0 Å². The van der Waals surface area contributed by atoms with Gasteiger partial charge in [0, 0.05) is 11.9 Å². The highest BCUT2D eigenvalue weighted by molar-refractivity contribution is 7.91. The molecule has 0 fully saturated rings. The maximum absolute atomic E-state index is 11.6. The maximum Gasteiger partial charge on any atom is 0.250 e. The first-order valence-electron chi connectivity index (χ1n) is 4.73. The van der Waals surface area contributed by atoms with Crippen molar-refractivity contribution in [2.45, 2.75) is 29.4 Å². The average Bonchev–Trinajstić information content (AvgIpc) is 2.70. The van der Waals surface area contributed by atoms with E-state index < -0.39 is 10.0 Å². The van der Waals surface area contributed by atoms with Crippen molar-refractivity contribution in [3.8, 4) is 0 Å². The molecule has 1 heterocycles. The Morgan fingerprint density at radius 2 is 2.33 bits per heavy atom. The van der Waals surface area contributed by atoms with Crippen LogP contribution >= 0.6 is 22.9 Å². The summed E-state index contributed by atoms with van der Waals surface area (Å²) >= 11 is 7.10. The molecule has 0 radical (unpaired) electrons. The third-order valence-corrected chi connectivity index (χ3v) is 5.34. The summed E-state index contributed by atoms with van der Waals surface area (Å²) in [5.74, 6) is 0. The summed E-state index contributed by atoms with van der Waals surface area (Å²) < 4.78 is 26.1. The predicted octanol–water partition coefficient (Wildman–Crippen LogP) is 2.43. The fraction of sp³-hybridized carbons (Fsp3) is 0.556. The van der Waals surface area contributed by atoms with E-state index >= 15 is 0 Å². The minimum atomic E-state index is -3.31. The van der Waals surface area contributed by atoms with Gasteiger partial charge < -0.3 is 0 Å². The quantitative estimate of drug-likeness (QED) is 0.805. The van der Waals surface area contributed by atoms with Gasteiger partial charge in [0.05, 0.1) is 0 Å². The fourth-order valence-electron chi connectivity index (χ4n) is 1.04. The van der Waals surface area contributed by atoms with Crippen molar-refractivity contribution in [3.05, 3.63) is 17.5 Å². The molecule has 1 unspecified atom stereocenters. The third-order valence-electron chi connectivity index (χ3n) is 1.95. The standard InChI is InChI=1S/C9H14ClNO2S2/c1-2-8(10)5-6-11-15(12,13)9-4-3-7-14-9/h3-4,7-8,11H,2,5-6H2,1H3. The minimum absolute atomic E-state index is 0.0380. The lowest BCUT2D eigenvalue weighted by molar-refractivity contribution is 0.579. The molecule has 0 aromatic carbocycles. The van der Waals surface area contributed by atoms with Crippen molar-refractivity contribution in [1.82, 2.24) is 4.72 Å². The highest BCUT2D eigenvalue weighted by Gasteiger charge is 2.14. The van der Waals surface area contributed by atoms with Gasteiger partial charge in [-0.15, -0.1) is 22.9 Å². The zero-order valence-electron chi connectivity index (χ0n) is 8.44. The van der Waals surface area contributed by atoms with E-state index in [0.717, 1.165) is 6.42 Å². The van der Waals surface area contributed by atoms with E-state index in [-0.39, 0.29) is 5.38 Å². The van der Waals surface area contributed by atoms with Gasteiger partial charge in [0.25, 0.3) is 0 Å². The van der Waals surface area contributed by atoms with Gasteiger partial charge in [-0.05, 0) is 24.3 Å². The molecular formula is C9H14ClNO2S2. The second-order valence-electron chi connectivity index (χ2n) is 3.12. The lowest BCUT2D eigenvalue weighted by atomic mass is 10.2. The van der Waals surface area contributed by atoms with Crippen molar-refractivity contribution >= 4 is 33.0 Å². The van der Waals surface area contributed by atoms with Gasteiger partial charge >= 0.3 is 0 Å². The van der Waals surface area contributed by atoms with Crippen LogP contribution in [0.25, 0.3) is 0 Å². The molecule has 1 atom stereocenters. The Hall–Kier alpha value is -0.100. The molecule has 0 amide bonds. The molecule has 1 aromatic rings. The van der Waals surface area contributed by atoms with Crippen LogP contribution in [0.4, 0.5) is 0 Å². The molecule has 0 saturated carbocycles. The highest BCUT2D eigenvalue weighted by atomic mass is 35.5. The second kappa shape index (κ2) is 5.84. The molecule has 1 rings (SSSR count). The van der Waals surface area contributed by atoms with E-state index in [0.29, 0.717) is 17.2 Å². The Labute approximate surface area is 99.5 Å². The molecule has 0 aliphatic rings.